The van der Waals surface area contributed by atoms with Gasteiger partial charge in [0, 0.05) is 25.1 Å². The number of fused-ring (bicyclic) bond motifs is 1. The highest BCUT2D eigenvalue weighted by atomic mass is 16.5. The molecular formula is C14H18N2O4. The van der Waals surface area contributed by atoms with Crippen molar-refractivity contribution in [2.75, 3.05) is 7.11 Å². The Labute approximate surface area is 117 Å². The van der Waals surface area contributed by atoms with Crippen LogP contribution in [0.5, 0.6) is 5.75 Å². The van der Waals surface area contributed by atoms with Gasteiger partial charge in [-0.05, 0) is 18.1 Å². The molecule has 0 aromatic heterocycles. The van der Waals surface area contributed by atoms with Crippen molar-refractivity contribution in [1.82, 2.24) is 4.90 Å². The van der Waals surface area contributed by atoms with Crippen LogP contribution in [0.25, 0.3) is 0 Å². The number of esters is 1. The van der Waals surface area contributed by atoms with Gasteiger partial charge in [-0.15, -0.1) is 0 Å². The van der Waals surface area contributed by atoms with E-state index in [0.717, 1.165) is 11.1 Å². The third-order valence-electron chi connectivity index (χ3n) is 3.60. The van der Waals surface area contributed by atoms with Crippen molar-refractivity contribution >= 4 is 11.9 Å². The van der Waals surface area contributed by atoms with E-state index in [1.54, 1.807) is 12.1 Å². The monoisotopic (exact) mass is 278 g/mol. The Morgan fingerprint density at radius 3 is 2.80 bits per heavy atom. The van der Waals surface area contributed by atoms with E-state index in [1.807, 2.05) is 11.0 Å². The molecule has 0 bridgehead atoms. The van der Waals surface area contributed by atoms with Crippen LogP contribution in [-0.4, -0.2) is 35.0 Å². The Morgan fingerprint density at radius 1 is 1.45 bits per heavy atom. The largest absolute Gasteiger partial charge is 0.508 e. The maximum atomic E-state index is 11.6. The first-order valence-corrected chi connectivity index (χ1v) is 6.43. The van der Waals surface area contributed by atoms with E-state index in [9.17, 15) is 14.7 Å². The topological polar surface area (TPSA) is 92.9 Å². The number of primary amides is 1. The number of methoxy groups -OCH3 is 1. The lowest BCUT2D eigenvalue weighted by Crippen LogP contribution is -2.42. The zero-order valence-electron chi connectivity index (χ0n) is 11.3. The third-order valence-corrected chi connectivity index (χ3v) is 3.60. The van der Waals surface area contributed by atoms with E-state index >= 15 is 0 Å². The molecule has 1 aromatic carbocycles. The molecule has 1 aromatic rings. The van der Waals surface area contributed by atoms with Crippen molar-refractivity contribution < 1.29 is 19.4 Å². The molecule has 6 nitrogen and oxygen atoms in total. The number of ether oxygens (including phenoxy) is 1. The Hall–Kier alpha value is -2.08. The first kappa shape index (κ1) is 14.3. The molecule has 1 amide bonds. The van der Waals surface area contributed by atoms with Crippen LogP contribution in [0.1, 0.15) is 24.0 Å². The lowest BCUT2D eigenvalue weighted by molar-refractivity contribution is -0.141. The van der Waals surface area contributed by atoms with E-state index in [1.165, 1.54) is 7.11 Å². The standard InChI is InChI=1S/C14H18N2O4/c1-20-13(18)6-5-11(14(15)19)16-7-9-3-2-4-12(17)10(9)8-16/h2-4,11,17H,5-8H2,1H3,(H2,15,19). The minimum Gasteiger partial charge on any atom is -0.508 e. The van der Waals surface area contributed by atoms with Crippen LogP contribution in [-0.2, 0) is 27.4 Å². The highest BCUT2D eigenvalue weighted by Crippen LogP contribution is 2.31. The summed E-state index contributed by atoms with van der Waals surface area (Å²) < 4.78 is 4.57. The van der Waals surface area contributed by atoms with Gasteiger partial charge in [0.25, 0.3) is 0 Å². The molecule has 1 aliphatic rings. The van der Waals surface area contributed by atoms with Gasteiger partial charge in [-0.2, -0.15) is 0 Å². The summed E-state index contributed by atoms with van der Waals surface area (Å²) in [4.78, 5) is 24.7. The van der Waals surface area contributed by atoms with Gasteiger partial charge in [0.05, 0.1) is 13.2 Å². The van der Waals surface area contributed by atoms with Crippen molar-refractivity contribution in [3.63, 3.8) is 0 Å². The summed E-state index contributed by atoms with van der Waals surface area (Å²) in [6, 6.07) is 4.76. The molecule has 108 valence electrons. The Kier molecular flexibility index (Phi) is 4.24. The second kappa shape index (κ2) is 5.92. The molecule has 20 heavy (non-hydrogen) atoms. The average molecular weight is 278 g/mol. The average Bonchev–Trinajstić information content (AvgIpc) is 2.83. The highest BCUT2D eigenvalue weighted by molar-refractivity contribution is 5.81. The van der Waals surface area contributed by atoms with Crippen LogP contribution in [0.4, 0.5) is 0 Å². The van der Waals surface area contributed by atoms with Gasteiger partial charge in [0.15, 0.2) is 0 Å². The molecular weight excluding hydrogens is 260 g/mol. The molecule has 0 saturated carbocycles. The first-order valence-electron chi connectivity index (χ1n) is 6.43. The molecule has 2 rings (SSSR count). The first-order chi connectivity index (χ1) is 9.52. The molecule has 6 heteroatoms. The fraction of sp³-hybridized carbons (Fsp3) is 0.429. The Morgan fingerprint density at radius 2 is 2.20 bits per heavy atom. The fourth-order valence-corrected chi connectivity index (χ4v) is 2.51. The molecule has 0 saturated heterocycles. The van der Waals surface area contributed by atoms with Gasteiger partial charge in [0.1, 0.15) is 5.75 Å². The zero-order chi connectivity index (χ0) is 14.7. The summed E-state index contributed by atoms with van der Waals surface area (Å²) in [6.45, 7) is 0.995. The number of phenols is 1. The number of carbonyl (C=O) groups is 2. The fourth-order valence-electron chi connectivity index (χ4n) is 2.51. The number of rotatable bonds is 5. The Balaban J connectivity index is 2.08. The number of aromatic hydroxyl groups is 1. The maximum Gasteiger partial charge on any atom is 0.305 e. The summed E-state index contributed by atoms with van der Waals surface area (Å²) in [5.41, 5.74) is 7.22. The van der Waals surface area contributed by atoms with Crippen molar-refractivity contribution in [2.24, 2.45) is 5.73 Å². The van der Waals surface area contributed by atoms with E-state index in [-0.39, 0.29) is 18.1 Å². The predicted octanol–water partition coefficient (Wildman–Crippen LogP) is 0.515. The highest BCUT2D eigenvalue weighted by Gasteiger charge is 2.31. The lowest BCUT2D eigenvalue weighted by Gasteiger charge is -2.24. The molecule has 1 aliphatic heterocycles. The lowest BCUT2D eigenvalue weighted by atomic mass is 10.1. The van der Waals surface area contributed by atoms with Crippen molar-refractivity contribution in [3.8, 4) is 5.75 Å². The normalized spacial score (nSPS) is 15.7. The van der Waals surface area contributed by atoms with Gasteiger partial charge >= 0.3 is 5.97 Å². The molecule has 1 atom stereocenters. The number of benzene rings is 1. The molecule has 0 aliphatic carbocycles. The minimum absolute atomic E-state index is 0.142. The third kappa shape index (κ3) is 2.91. The molecule has 1 heterocycles. The second-order valence-electron chi connectivity index (χ2n) is 4.85. The van der Waals surface area contributed by atoms with Crippen LogP contribution in [0.2, 0.25) is 0 Å². The van der Waals surface area contributed by atoms with E-state index in [4.69, 9.17) is 5.73 Å². The quantitative estimate of drug-likeness (QED) is 0.766. The minimum atomic E-state index is -0.541. The number of phenolic OH excluding ortho intramolecular Hbond substituents is 1. The number of amides is 1. The second-order valence-corrected chi connectivity index (χ2v) is 4.85. The summed E-state index contributed by atoms with van der Waals surface area (Å²) in [7, 11) is 1.31. The van der Waals surface area contributed by atoms with E-state index < -0.39 is 11.9 Å². The maximum absolute atomic E-state index is 11.6. The van der Waals surface area contributed by atoms with Gasteiger partial charge < -0.3 is 15.6 Å². The number of nitrogens with zero attached hydrogens (tertiary/aromatic N) is 1. The number of nitrogens with two attached hydrogens (primary N) is 1. The van der Waals surface area contributed by atoms with Crippen molar-refractivity contribution in [2.45, 2.75) is 32.0 Å². The summed E-state index contributed by atoms with van der Waals surface area (Å²) in [5.74, 6) is -0.613. The molecule has 0 fully saturated rings. The van der Waals surface area contributed by atoms with Gasteiger partial charge in [0.2, 0.25) is 5.91 Å². The number of hydrogen-bond acceptors (Lipinski definition) is 5. The Bertz CT molecular complexity index is 530. The van der Waals surface area contributed by atoms with Crippen LogP contribution in [0.3, 0.4) is 0 Å². The zero-order valence-corrected chi connectivity index (χ0v) is 11.3. The van der Waals surface area contributed by atoms with Crippen LogP contribution < -0.4 is 5.73 Å². The van der Waals surface area contributed by atoms with Crippen molar-refractivity contribution in [1.29, 1.82) is 0 Å². The van der Waals surface area contributed by atoms with Crippen LogP contribution in [0, 0.1) is 0 Å². The molecule has 1 unspecified atom stereocenters. The van der Waals surface area contributed by atoms with Crippen LogP contribution >= 0.6 is 0 Å². The summed E-state index contributed by atoms with van der Waals surface area (Å²) in [5, 5.41) is 9.81. The van der Waals surface area contributed by atoms with Gasteiger partial charge in [-0.25, -0.2) is 0 Å². The van der Waals surface area contributed by atoms with Gasteiger partial charge in [-0.3, -0.25) is 14.5 Å². The number of hydrogen-bond donors (Lipinski definition) is 2. The van der Waals surface area contributed by atoms with Gasteiger partial charge in [-0.1, -0.05) is 12.1 Å². The molecule has 0 radical (unpaired) electrons. The van der Waals surface area contributed by atoms with E-state index in [2.05, 4.69) is 4.74 Å². The summed E-state index contributed by atoms with van der Waals surface area (Å²) >= 11 is 0. The van der Waals surface area contributed by atoms with Crippen LogP contribution in [0.15, 0.2) is 18.2 Å². The van der Waals surface area contributed by atoms with Crippen molar-refractivity contribution in [3.05, 3.63) is 29.3 Å². The predicted molar refractivity (Wildman–Crippen MR) is 71.6 cm³/mol. The van der Waals surface area contributed by atoms with E-state index in [0.29, 0.717) is 19.5 Å². The SMILES string of the molecule is COC(=O)CCC(C(N)=O)N1Cc2cccc(O)c2C1. The number of carbonyl (C=O) groups excluding carboxylic acids is 2. The molecule has 3 N–H and O–H groups in total. The molecule has 0 spiro atoms. The summed E-state index contributed by atoms with van der Waals surface area (Å²) in [6.07, 6.45) is 0.458. The smallest absolute Gasteiger partial charge is 0.305 e.